The van der Waals surface area contributed by atoms with Crippen molar-refractivity contribution in [2.75, 3.05) is 46.1 Å². The third kappa shape index (κ3) is 9.74. The number of aliphatic carboxylic acids is 1. The molecule has 198 valence electrons. The van der Waals surface area contributed by atoms with E-state index >= 15 is 0 Å². The van der Waals surface area contributed by atoms with Crippen LogP contribution in [-0.2, 0) is 9.53 Å². The van der Waals surface area contributed by atoms with Crippen molar-refractivity contribution in [3.63, 3.8) is 0 Å². The Balaban J connectivity index is 0.00000280. The van der Waals surface area contributed by atoms with Crippen LogP contribution in [0.15, 0.2) is 72.8 Å². The molecule has 0 unspecified atom stereocenters. The minimum atomic E-state index is -1.02. The summed E-state index contributed by atoms with van der Waals surface area (Å²) >= 11 is 6.13. The first-order valence-electron chi connectivity index (χ1n) is 12.4. The summed E-state index contributed by atoms with van der Waals surface area (Å²) < 4.78 is 16.7. The van der Waals surface area contributed by atoms with E-state index in [4.69, 9.17) is 30.9 Å². The summed E-state index contributed by atoms with van der Waals surface area (Å²) in [5.74, 6) is 6.70. The molecular weight excluding hydrogens is 525 g/mol. The molecule has 0 saturated carbocycles. The molecule has 0 bridgehead atoms. The van der Waals surface area contributed by atoms with Crippen LogP contribution < -0.4 is 39.0 Å². The Bertz CT molecular complexity index is 1330. The first-order valence-corrected chi connectivity index (χ1v) is 12.8. The smallest absolute Gasteiger partial charge is 1.00 e. The van der Waals surface area contributed by atoms with Gasteiger partial charge in [0.25, 0.3) is 0 Å². The van der Waals surface area contributed by atoms with Gasteiger partial charge in [0, 0.05) is 23.7 Å². The largest absolute Gasteiger partial charge is 1.00 e. The standard InChI is InChI=1S/C31H30ClNO5.Na.H/c1-23-21-28(12-13-30(23)38-22-31(34)35)37-18-14-29(26-8-10-27(32)11-9-26)25-6-4-24(5-7-25)3-2-15-33-16-19-36-20-17-33;;/h4-14,21H,15-20,22H2,1H3,(H,34,35);;/q;+1;-1/b29-14-;;. The number of aryl methyl sites for hydroxylation is 1. The Morgan fingerprint density at radius 2 is 1.72 bits per heavy atom. The maximum absolute atomic E-state index is 10.8. The number of hydrogen-bond donors (Lipinski definition) is 1. The second kappa shape index (κ2) is 15.7. The zero-order valence-electron chi connectivity index (χ0n) is 23.3. The van der Waals surface area contributed by atoms with Crippen LogP contribution in [0.25, 0.3) is 5.57 Å². The van der Waals surface area contributed by atoms with Crippen LogP contribution >= 0.6 is 11.6 Å². The summed E-state index contributed by atoms with van der Waals surface area (Å²) in [6.45, 7) is 5.94. The minimum Gasteiger partial charge on any atom is -1.00 e. The van der Waals surface area contributed by atoms with E-state index in [0.717, 1.165) is 60.7 Å². The van der Waals surface area contributed by atoms with E-state index in [1.54, 1.807) is 12.1 Å². The molecule has 0 amide bonds. The molecule has 6 nitrogen and oxygen atoms in total. The Morgan fingerprint density at radius 3 is 2.36 bits per heavy atom. The normalized spacial score (nSPS) is 13.5. The molecular formula is C31H31ClNNaO5. The average Bonchev–Trinajstić information content (AvgIpc) is 2.92. The first-order chi connectivity index (χ1) is 18.5. The van der Waals surface area contributed by atoms with Gasteiger partial charge in [0.05, 0.1) is 19.8 Å². The van der Waals surface area contributed by atoms with Gasteiger partial charge in [0.2, 0.25) is 0 Å². The van der Waals surface area contributed by atoms with Gasteiger partial charge in [-0.25, -0.2) is 4.79 Å². The molecule has 0 aliphatic carbocycles. The molecule has 0 spiro atoms. The summed E-state index contributed by atoms with van der Waals surface area (Å²) in [6.07, 6.45) is 2.03. The summed E-state index contributed by atoms with van der Waals surface area (Å²) in [6, 6.07) is 21.2. The van der Waals surface area contributed by atoms with Crippen LogP contribution in [0.5, 0.6) is 11.5 Å². The molecule has 8 heteroatoms. The molecule has 1 saturated heterocycles. The van der Waals surface area contributed by atoms with Crippen molar-refractivity contribution >= 4 is 23.1 Å². The molecule has 0 atom stereocenters. The van der Waals surface area contributed by atoms with Gasteiger partial charge >= 0.3 is 35.5 Å². The second-order valence-corrected chi connectivity index (χ2v) is 9.25. The SMILES string of the molecule is Cc1cc(OC/C=C(\c2ccc(Cl)cc2)c2ccc(C#CCN3CCOCC3)cc2)ccc1OCC(=O)O.[H-].[Na+]. The van der Waals surface area contributed by atoms with Crippen molar-refractivity contribution in [2.24, 2.45) is 0 Å². The third-order valence-electron chi connectivity index (χ3n) is 6.03. The number of rotatable bonds is 9. The number of carbonyl (C=O) groups is 1. The molecule has 3 aromatic carbocycles. The van der Waals surface area contributed by atoms with E-state index in [1.807, 2.05) is 55.5 Å². The van der Waals surface area contributed by atoms with Crippen molar-refractivity contribution in [2.45, 2.75) is 6.92 Å². The number of carboxylic acids is 1. The summed E-state index contributed by atoms with van der Waals surface area (Å²) in [4.78, 5) is 13.1. The predicted molar refractivity (Wildman–Crippen MR) is 150 cm³/mol. The van der Waals surface area contributed by atoms with Gasteiger partial charge in [-0.1, -0.05) is 47.7 Å². The van der Waals surface area contributed by atoms with Gasteiger partial charge in [0.1, 0.15) is 18.1 Å². The van der Waals surface area contributed by atoms with E-state index in [9.17, 15) is 4.79 Å². The molecule has 3 aromatic rings. The van der Waals surface area contributed by atoms with E-state index in [1.165, 1.54) is 0 Å². The molecule has 1 N–H and O–H groups in total. The Labute approximate surface area is 258 Å². The molecule has 1 aliphatic heterocycles. The maximum Gasteiger partial charge on any atom is 1.00 e. The Morgan fingerprint density at radius 1 is 1.05 bits per heavy atom. The van der Waals surface area contributed by atoms with Crippen molar-refractivity contribution in [3.05, 3.63) is 100 Å². The summed E-state index contributed by atoms with van der Waals surface area (Å²) in [5.41, 5.74) is 4.86. The quantitative estimate of drug-likeness (QED) is 0.323. The predicted octanol–water partition coefficient (Wildman–Crippen LogP) is 2.42. The number of benzene rings is 3. The third-order valence-corrected chi connectivity index (χ3v) is 6.28. The van der Waals surface area contributed by atoms with Crippen LogP contribution in [0.3, 0.4) is 0 Å². The summed E-state index contributed by atoms with van der Waals surface area (Å²) in [5, 5.41) is 9.50. The number of halogens is 1. The van der Waals surface area contributed by atoms with Gasteiger partial charge in [-0.05, 0) is 77.7 Å². The molecule has 1 aliphatic rings. The number of ether oxygens (including phenoxy) is 3. The van der Waals surface area contributed by atoms with Gasteiger partial charge in [-0.15, -0.1) is 0 Å². The molecule has 1 heterocycles. The topological polar surface area (TPSA) is 68.2 Å². The van der Waals surface area contributed by atoms with Crippen LogP contribution in [0.1, 0.15) is 23.7 Å². The van der Waals surface area contributed by atoms with Crippen LogP contribution in [0.2, 0.25) is 5.02 Å². The van der Waals surface area contributed by atoms with Crippen LogP contribution in [-0.4, -0.2) is 62.0 Å². The Kier molecular flexibility index (Phi) is 12.4. The number of morpholine rings is 1. The monoisotopic (exact) mass is 555 g/mol. The van der Waals surface area contributed by atoms with Crippen molar-refractivity contribution in [1.29, 1.82) is 0 Å². The van der Waals surface area contributed by atoms with Crippen LogP contribution in [0.4, 0.5) is 0 Å². The van der Waals surface area contributed by atoms with E-state index in [0.29, 0.717) is 23.1 Å². The molecule has 0 radical (unpaired) electrons. The molecule has 39 heavy (non-hydrogen) atoms. The van der Waals surface area contributed by atoms with Gasteiger partial charge in [-0.3, -0.25) is 4.90 Å². The van der Waals surface area contributed by atoms with Crippen molar-refractivity contribution in [3.8, 4) is 23.3 Å². The van der Waals surface area contributed by atoms with E-state index < -0.39 is 5.97 Å². The molecule has 1 fully saturated rings. The number of hydrogen-bond acceptors (Lipinski definition) is 5. The zero-order chi connectivity index (χ0) is 26.7. The zero-order valence-corrected chi connectivity index (χ0v) is 25.0. The fraction of sp³-hybridized carbons (Fsp3) is 0.258. The first kappa shape index (κ1) is 30.8. The number of carboxylic acid groups (broad SMARTS) is 1. The fourth-order valence-electron chi connectivity index (χ4n) is 4.01. The van der Waals surface area contributed by atoms with E-state index in [-0.39, 0.29) is 37.6 Å². The van der Waals surface area contributed by atoms with E-state index in [2.05, 4.69) is 28.9 Å². The van der Waals surface area contributed by atoms with Crippen molar-refractivity contribution < 1.29 is 55.1 Å². The molecule has 4 rings (SSSR count). The van der Waals surface area contributed by atoms with Gasteiger partial charge in [0.15, 0.2) is 6.61 Å². The van der Waals surface area contributed by atoms with Gasteiger partial charge < -0.3 is 20.7 Å². The van der Waals surface area contributed by atoms with Gasteiger partial charge in [-0.2, -0.15) is 0 Å². The Hall–Kier alpha value is -2.76. The second-order valence-electron chi connectivity index (χ2n) is 8.81. The van der Waals surface area contributed by atoms with Crippen molar-refractivity contribution in [1.82, 2.24) is 4.90 Å². The number of nitrogens with zero attached hydrogens (tertiary/aromatic N) is 1. The summed E-state index contributed by atoms with van der Waals surface area (Å²) in [7, 11) is 0. The molecule has 0 aromatic heterocycles. The minimum absolute atomic E-state index is 0. The average molecular weight is 556 g/mol. The fourth-order valence-corrected chi connectivity index (χ4v) is 4.14. The van der Waals surface area contributed by atoms with Crippen LogP contribution in [0, 0.1) is 18.8 Å². The maximum atomic E-state index is 10.8.